The highest BCUT2D eigenvalue weighted by Gasteiger charge is 2.32. The number of hydrogen-bond acceptors (Lipinski definition) is 6. The molecule has 250 valence electrons. The molecule has 0 amide bonds. The fraction of sp³-hybridized carbons (Fsp3) is 0.500. The van der Waals surface area contributed by atoms with Crippen molar-refractivity contribution < 1.29 is 24.2 Å². The molecular weight excluding hydrogens is 574 g/mol. The number of unbranched alkanes of at least 4 members (excludes halogenated alkanes) is 10. The molecule has 1 unspecified atom stereocenters. The number of nitrogens with one attached hydrogen (secondary N) is 1. The van der Waals surface area contributed by atoms with Crippen molar-refractivity contribution in [3.63, 3.8) is 0 Å². The average Bonchev–Trinajstić information content (AvgIpc) is 3.55. The van der Waals surface area contributed by atoms with Gasteiger partial charge in [0.25, 0.3) is 0 Å². The molecule has 0 radical (unpaired) electrons. The van der Waals surface area contributed by atoms with Crippen molar-refractivity contribution in [1.82, 2.24) is 5.32 Å². The molecule has 0 saturated carbocycles. The molecule has 4 rings (SSSR count). The number of ether oxygens (including phenoxy) is 2. The molecule has 46 heavy (non-hydrogen) atoms. The first-order valence-electron chi connectivity index (χ1n) is 17.5. The lowest BCUT2D eigenvalue weighted by Crippen LogP contribution is -2.28. The van der Waals surface area contributed by atoms with Crippen LogP contribution in [0.4, 0.5) is 0 Å². The molecule has 1 aliphatic heterocycles. The Morgan fingerprint density at radius 2 is 1.09 bits per heavy atom. The van der Waals surface area contributed by atoms with E-state index in [-0.39, 0.29) is 0 Å². The zero-order valence-corrected chi connectivity index (χ0v) is 28.1. The van der Waals surface area contributed by atoms with Gasteiger partial charge in [0.2, 0.25) is 0 Å². The van der Waals surface area contributed by atoms with E-state index < -0.39 is 17.5 Å². The van der Waals surface area contributed by atoms with Gasteiger partial charge >= 0.3 is 11.9 Å². The number of esters is 2. The van der Waals surface area contributed by atoms with Gasteiger partial charge in [0, 0.05) is 6.54 Å². The second-order valence-corrected chi connectivity index (χ2v) is 12.3. The summed E-state index contributed by atoms with van der Waals surface area (Å²) < 4.78 is 10.7. The summed E-state index contributed by atoms with van der Waals surface area (Å²) in [6.45, 7) is 6.71. The number of carbonyl (C=O) groups excluding carboxylic acids is 2. The van der Waals surface area contributed by atoms with Gasteiger partial charge in [0.15, 0.2) is 0 Å². The minimum absolute atomic E-state index is 0.293. The summed E-state index contributed by atoms with van der Waals surface area (Å²) >= 11 is 0. The molecule has 3 aromatic carbocycles. The minimum atomic E-state index is -0.685. The van der Waals surface area contributed by atoms with Crippen LogP contribution in [0.3, 0.4) is 0 Å². The lowest BCUT2D eigenvalue weighted by atomic mass is 9.91. The Hall–Kier alpha value is -3.48. The molecule has 3 aromatic rings. The van der Waals surface area contributed by atoms with Crippen LogP contribution in [0.25, 0.3) is 11.1 Å². The van der Waals surface area contributed by atoms with Gasteiger partial charge in [-0.3, -0.25) is 0 Å². The zero-order chi connectivity index (χ0) is 32.9. The molecule has 0 bridgehead atoms. The lowest BCUT2D eigenvalue weighted by Gasteiger charge is -2.22. The number of hydrogen-bond donors (Lipinski definition) is 2. The maximum absolute atomic E-state index is 12.4. The second kappa shape index (κ2) is 21.3. The van der Waals surface area contributed by atoms with Gasteiger partial charge in [-0.2, -0.15) is 0 Å². The molecule has 6 heteroatoms. The largest absolute Gasteiger partial charge is 0.462 e. The second-order valence-electron chi connectivity index (χ2n) is 12.3. The molecule has 6 nitrogen and oxygen atoms in total. The first-order chi connectivity index (χ1) is 22.5. The maximum atomic E-state index is 12.4. The summed E-state index contributed by atoms with van der Waals surface area (Å²) in [5, 5.41) is 13.7. The van der Waals surface area contributed by atoms with Crippen LogP contribution in [0.15, 0.2) is 78.9 Å². The Labute approximate surface area is 276 Å². The third kappa shape index (κ3) is 12.7. The van der Waals surface area contributed by atoms with Crippen molar-refractivity contribution in [2.24, 2.45) is 0 Å². The molecule has 1 saturated heterocycles. The van der Waals surface area contributed by atoms with Crippen molar-refractivity contribution in [1.29, 1.82) is 0 Å². The molecule has 1 aliphatic rings. The minimum Gasteiger partial charge on any atom is -0.462 e. The highest BCUT2D eigenvalue weighted by atomic mass is 16.5. The number of carbonyl (C=O) groups is 2. The van der Waals surface area contributed by atoms with E-state index in [1.165, 1.54) is 62.5 Å². The number of rotatable bonds is 18. The van der Waals surface area contributed by atoms with E-state index in [4.69, 9.17) is 9.47 Å². The highest BCUT2D eigenvalue weighted by molar-refractivity contribution is 6.03. The van der Waals surface area contributed by atoms with E-state index >= 15 is 0 Å². The molecular formula is C40H55NO5. The Kier molecular flexibility index (Phi) is 17.2. The van der Waals surface area contributed by atoms with Crippen LogP contribution < -0.4 is 5.32 Å². The van der Waals surface area contributed by atoms with E-state index in [0.717, 1.165) is 44.2 Å². The third-order valence-corrected chi connectivity index (χ3v) is 8.49. The van der Waals surface area contributed by atoms with Crippen LogP contribution in [-0.2, 0) is 15.1 Å². The Morgan fingerprint density at radius 3 is 1.57 bits per heavy atom. The summed E-state index contributed by atoms with van der Waals surface area (Å²) in [5.41, 5.74) is 3.31. The van der Waals surface area contributed by atoms with Gasteiger partial charge in [-0.05, 0) is 54.6 Å². The van der Waals surface area contributed by atoms with Crippen molar-refractivity contribution >= 4 is 11.9 Å². The lowest BCUT2D eigenvalue weighted by molar-refractivity contribution is 0.0450. The molecule has 0 aliphatic carbocycles. The summed E-state index contributed by atoms with van der Waals surface area (Å²) in [6.07, 6.45) is 14.4. The Morgan fingerprint density at radius 1 is 0.630 bits per heavy atom. The molecule has 1 atom stereocenters. The van der Waals surface area contributed by atoms with Crippen LogP contribution in [0, 0.1) is 0 Å². The van der Waals surface area contributed by atoms with Gasteiger partial charge in [-0.25, -0.2) is 9.59 Å². The van der Waals surface area contributed by atoms with Crippen molar-refractivity contribution in [3.8, 4) is 11.1 Å². The molecule has 0 spiro atoms. The average molecular weight is 630 g/mol. The van der Waals surface area contributed by atoms with Gasteiger partial charge in [-0.1, -0.05) is 145 Å². The Balaban J connectivity index is 0.000000272. The van der Waals surface area contributed by atoms with E-state index in [1.54, 1.807) is 24.3 Å². The fourth-order valence-electron chi connectivity index (χ4n) is 5.62. The van der Waals surface area contributed by atoms with E-state index in [0.29, 0.717) is 30.9 Å². The van der Waals surface area contributed by atoms with E-state index in [1.807, 2.05) is 30.3 Å². The van der Waals surface area contributed by atoms with Crippen LogP contribution >= 0.6 is 0 Å². The quantitative estimate of drug-likeness (QED) is 0.108. The van der Waals surface area contributed by atoms with Gasteiger partial charge < -0.3 is 19.9 Å². The number of aliphatic hydroxyl groups is 1. The van der Waals surface area contributed by atoms with Crippen molar-refractivity contribution in [2.45, 2.75) is 103 Å². The molecule has 1 fully saturated rings. The van der Waals surface area contributed by atoms with Crippen LogP contribution in [0.2, 0.25) is 0 Å². The van der Waals surface area contributed by atoms with Gasteiger partial charge in [0.05, 0.1) is 24.3 Å². The Bertz CT molecular complexity index is 1220. The van der Waals surface area contributed by atoms with Crippen molar-refractivity contribution in [3.05, 3.63) is 95.6 Å². The maximum Gasteiger partial charge on any atom is 0.339 e. The summed E-state index contributed by atoms with van der Waals surface area (Å²) in [5.74, 6) is -0.888. The predicted molar refractivity (Wildman–Crippen MR) is 187 cm³/mol. The smallest absolute Gasteiger partial charge is 0.339 e. The summed E-state index contributed by atoms with van der Waals surface area (Å²) in [4.78, 5) is 24.7. The molecule has 2 N–H and O–H groups in total. The van der Waals surface area contributed by atoms with E-state index in [2.05, 4.69) is 43.4 Å². The summed E-state index contributed by atoms with van der Waals surface area (Å²) in [6, 6.07) is 25.3. The van der Waals surface area contributed by atoms with Gasteiger partial charge in [0.1, 0.15) is 5.60 Å². The SMILES string of the molecule is CCCCCCCCOC(=O)c1ccccc1C(=O)OCCCCCCCC.OC1(c2ccc(-c3ccccc3)cc2)CCNC1. The van der Waals surface area contributed by atoms with Gasteiger partial charge in [-0.15, -0.1) is 0 Å². The van der Waals surface area contributed by atoms with Crippen LogP contribution in [0.5, 0.6) is 0 Å². The van der Waals surface area contributed by atoms with Crippen LogP contribution in [0.1, 0.15) is 124 Å². The van der Waals surface area contributed by atoms with Crippen molar-refractivity contribution in [2.75, 3.05) is 26.3 Å². The zero-order valence-electron chi connectivity index (χ0n) is 28.1. The monoisotopic (exact) mass is 629 g/mol. The number of benzene rings is 3. The molecule has 0 aromatic heterocycles. The normalized spacial score (nSPS) is 15.5. The summed E-state index contributed by atoms with van der Waals surface area (Å²) in [7, 11) is 0. The number of β-amino-alcohol motifs (C(OH)–C–C–N with tert-alkyl or cyclic N) is 1. The van der Waals surface area contributed by atoms with Crippen LogP contribution in [-0.4, -0.2) is 43.3 Å². The first-order valence-corrected chi connectivity index (χ1v) is 17.5. The highest BCUT2D eigenvalue weighted by Crippen LogP contribution is 2.29. The molecule has 1 heterocycles. The predicted octanol–water partition coefficient (Wildman–Crippen LogP) is 9.26. The standard InChI is InChI=1S/C24H38O4.C16H17NO/c1-3-5-7-9-11-15-19-27-23(25)21-17-13-14-18-22(21)24(26)28-20-16-12-10-8-6-4-2;18-16(10-11-17-12-16)15-8-6-14(7-9-15)13-4-2-1-3-5-13/h13-14,17-18H,3-12,15-16,19-20H2,1-2H3;1-9,17-18H,10-12H2. The fourth-order valence-corrected chi connectivity index (χ4v) is 5.62. The first kappa shape index (κ1) is 37.0. The third-order valence-electron chi connectivity index (χ3n) is 8.49. The topological polar surface area (TPSA) is 84.9 Å². The van der Waals surface area contributed by atoms with E-state index in [9.17, 15) is 14.7 Å².